The summed E-state index contributed by atoms with van der Waals surface area (Å²) in [5.74, 6) is 0.389. The third-order valence-corrected chi connectivity index (χ3v) is 8.34. The highest BCUT2D eigenvalue weighted by Gasteiger charge is 2.40. The maximum Gasteiger partial charge on any atom is 0.243 e. The maximum absolute atomic E-state index is 13.2. The Labute approximate surface area is 217 Å². The molecule has 4 rings (SSSR count). The average molecular weight is 515 g/mol. The first-order chi connectivity index (χ1) is 17.2. The first-order valence-corrected chi connectivity index (χ1v) is 13.8. The van der Waals surface area contributed by atoms with Gasteiger partial charge in [0.1, 0.15) is 17.9 Å². The van der Waals surface area contributed by atoms with Gasteiger partial charge < -0.3 is 25.4 Å². The first-order valence-electron chi connectivity index (χ1n) is 12.9. The normalized spacial score (nSPS) is 21.6. The van der Waals surface area contributed by atoms with E-state index in [1.165, 1.54) is 0 Å². The summed E-state index contributed by atoms with van der Waals surface area (Å²) in [7, 11) is 0. The summed E-state index contributed by atoms with van der Waals surface area (Å²) in [4.78, 5) is 33.2. The number of likely N-dealkylation sites (tertiary alicyclic amines) is 1. The number of carbonyl (C=O) groups is 2. The maximum atomic E-state index is 13.2. The van der Waals surface area contributed by atoms with E-state index in [2.05, 4.69) is 15.6 Å². The molecule has 0 saturated carbocycles. The molecule has 0 bridgehead atoms. The predicted octanol–water partition coefficient (Wildman–Crippen LogP) is 3.12. The lowest BCUT2D eigenvalue weighted by Crippen LogP contribution is -2.48. The van der Waals surface area contributed by atoms with Crippen LogP contribution in [0.5, 0.6) is 5.75 Å². The Hall–Kier alpha value is -2.49. The number of ether oxygens (including phenoxy) is 1. The predicted molar refractivity (Wildman–Crippen MR) is 141 cm³/mol. The molecule has 2 amide bonds. The summed E-state index contributed by atoms with van der Waals surface area (Å²) in [6, 6.07) is 5.42. The Kier molecular flexibility index (Phi) is 8.64. The van der Waals surface area contributed by atoms with Crippen molar-refractivity contribution in [2.75, 3.05) is 19.6 Å². The molecule has 36 heavy (non-hydrogen) atoms. The zero-order valence-corrected chi connectivity index (χ0v) is 22.4. The van der Waals surface area contributed by atoms with Crippen molar-refractivity contribution in [1.82, 2.24) is 20.5 Å². The Morgan fingerprint density at radius 2 is 2.03 bits per heavy atom. The van der Waals surface area contributed by atoms with Crippen LogP contribution in [0.15, 0.2) is 23.7 Å². The van der Waals surface area contributed by atoms with E-state index >= 15 is 0 Å². The van der Waals surface area contributed by atoms with Crippen molar-refractivity contribution in [3.8, 4) is 16.2 Å². The van der Waals surface area contributed by atoms with E-state index in [-0.39, 0.29) is 49.3 Å². The Balaban J connectivity index is 1.50. The third-order valence-electron chi connectivity index (χ3n) is 7.36. The van der Waals surface area contributed by atoms with Crippen LogP contribution in [0.3, 0.4) is 0 Å². The van der Waals surface area contributed by atoms with Gasteiger partial charge in [0.05, 0.1) is 22.2 Å². The van der Waals surface area contributed by atoms with Crippen molar-refractivity contribution in [2.45, 2.75) is 71.8 Å². The minimum atomic E-state index is -0.690. The molecule has 2 fully saturated rings. The highest BCUT2D eigenvalue weighted by atomic mass is 32.1. The number of nitrogens with zero attached hydrogens (tertiary/aromatic N) is 2. The fourth-order valence-electron chi connectivity index (χ4n) is 4.78. The molecule has 1 aromatic heterocycles. The van der Waals surface area contributed by atoms with E-state index in [1.807, 2.05) is 51.4 Å². The van der Waals surface area contributed by atoms with E-state index in [0.29, 0.717) is 0 Å². The number of aliphatic hydroxyl groups is 1. The molecule has 2 aromatic rings. The van der Waals surface area contributed by atoms with Crippen LogP contribution in [0.2, 0.25) is 0 Å². The number of piperidine rings is 1. The molecule has 0 spiro atoms. The number of benzene rings is 1. The number of nitrogens with one attached hydrogen (secondary N) is 2. The van der Waals surface area contributed by atoms with Crippen LogP contribution in [0.4, 0.5) is 0 Å². The van der Waals surface area contributed by atoms with Gasteiger partial charge in [0, 0.05) is 31.0 Å². The van der Waals surface area contributed by atoms with Crippen molar-refractivity contribution >= 4 is 23.2 Å². The van der Waals surface area contributed by atoms with Crippen LogP contribution < -0.4 is 15.4 Å². The van der Waals surface area contributed by atoms with Crippen LogP contribution in [-0.2, 0) is 16.1 Å². The quantitative estimate of drug-likeness (QED) is 0.500. The smallest absolute Gasteiger partial charge is 0.243 e. The highest BCUT2D eigenvalue weighted by Crippen LogP contribution is 2.33. The van der Waals surface area contributed by atoms with Gasteiger partial charge >= 0.3 is 0 Å². The largest absolute Gasteiger partial charge is 0.490 e. The van der Waals surface area contributed by atoms with Crippen LogP contribution in [0.1, 0.15) is 51.3 Å². The van der Waals surface area contributed by atoms with Gasteiger partial charge in [-0.2, -0.15) is 0 Å². The fourth-order valence-corrected chi connectivity index (χ4v) is 5.58. The monoisotopic (exact) mass is 514 g/mol. The second kappa shape index (κ2) is 11.7. The second-order valence-corrected chi connectivity index (χ2v) is 11.2. The zero-order chi connectivity index (χ0) is 25.8. The lowest BCUT2D eigenvalue weighted by atomic mass is 9.96. The molecule has 8 nitrogen and oxygen atoms in total. The number of aliphatic hydroxyl groups excluding tert-OH is 1. The molecular formula is C27H38N4O4S. The number of aryl methyl sites for hydroxylation is 1. The summed E-state index contributed by atoms with van der Waals surface area (Å²) < 4.78 is 6.45. The van der Waals surface area contributed by atoms with E-state index in [9.17, 15) is 14.7 Å². The van der Waals surface area contributed by atoms with Crippen LogP contribution >= 0.6 is 11.3 Å². The summed E-state index contributed by atoms with van der Waals surface area (Å²) in [6.07, 6.45) is 1.55. The number of β-amino-alcohol motifs (C(OH)–C–C–N with tert-alkyl or cyclic N) is 1. The summed E-state index contributed by atoms with van der Waals surface area (Å²) >= 11 is 1.60. The minimum absolute atomic E-state index is 0.0825. The van der Waals surface area contributed by atoms with Crippen molar-refractivity contribution in [2.24, 2.45) is 11.8 Å². The van der Waals surface area contributed by atoms with Crippen LogP contribution in [0.25, 0.3) is 10.4 Å². The third kappa shape index (κ3) is 6.07. The van der Waals surface area contributed by atoms with Gasteiger partial charge in [0.25, 0.3) is 0 Å². The summed E-state index contributed by atoms with van der Waals surface area (Å²) in [6.45, 7) is 10.2. The molecule has 3 unspecified atom stereocenters. The molecule has 1 aromatic carbocycles. The molecule has 2 aliphatic heterocycles. The number of rotatable bonds is 8. The lowest BCUT2D eigenvalue weighted by molar-refractivity contribution is -0.142. The van der Waals surface area contributed by atoms with Crippen LogP contribution in [-0.4, -0.2) is 64.7 Å². The van der Waals surface area contributed by atoms with E-state index < -0.39 is 12.1 Å². The fraction of sp³-hybridized carbons (Fsp3) is 0.593. The SMILES string of the molecule is Cc1ncsc1-c1ccc(CNC(=O)C2CC(O)CN2C(=O)C(C)C(C)C)c(OC2CCNCC2)c1. The summed E-state index contributed by atoms with van der Waals surface area (Å²) in [5, 5.41) is 16.6. The lowest BCUT2D eigenvalue weighted by Gasteiger charge is -2.28. The number of amides is 2. The molecule has 3 atom stereocenters. The van der Waals surface area contributed by atoms with Crippen LogP contribution in [0, 0.1) is 18.8 Å². The molecule has 0 aliphatic carbocycles. The molecule has 2 saturated heterocycles. The number of thiazole rings is 1. The van der Waals surface area contributed by atoms with Gasteiger partial charge in [0.2, 0.25) is 11.8 Å². The van der Waals surface area contributed by atoms with Gasteiger partial charge in [-0.05, 0) is 50.4 Å². The molecule has 3 heterocycles. The molecule has 0 radical (unpaired) electrons. The van der Waals surface area contributed by atoms with Gasteiger partial charge in [0.15, 0.2) is 0 Å². The molecule has 9 heteroatoms. The Morgan fingerprint density at radius 3 is 2.69 bits per heavy atom. The van der Waals surface area contributed by atoms with Gasteiger partial charge in [-0.3, -0.25) is 9.59 Å². The number of aromatic nitrogens is 1. The molecule has 3 N–H and O–H groups in total. The van der Waals surface area contributed by atoms with Gasteiger partial charge in [-0.25, -0.2) is 4.98 Å². The standard InChI is InChI=1S/C27H38N4O4S/c1-16(2)17(3)27(34)31-14-21(32)12-23(31)26(33)29-13-20-6-5-19(25-18(4)30-15-36-25)11-24(20)35-22-7-9-28-10-8-22/h5-6,11,15-17,21-23,28,32H,7-10,12-14H2,1-4H3,(H,29,33). The highest BCUT2D eigenvalue weighted by molar-refractivity contribution is 7.13. The topological polar surface area (TPSA) is 104 Å². The summed E-state index contributed by atoms with van der Waals surface area (Å²) in [5.41, 5.74) is 4.76. The van der Waals surface area contributed by atoms with Crippen molar-refractivity contribution in [3.05, 3.63) is 35.0 Å². The van der Waals surface area contributed by atoms with E-state index in [1.54, 1.807) is 16.2 Å². The second-order valence-electron chi connectivity index (χ2n) is 10.3. The molecule has 196 valence electrons. The molecule has 2 aliphatic rings. The zero-order valence-electron chi connectivity index (χ0n) is 21.6. The van der Waals surface area contributed by atoms with E-state index in [4.69, 9.17) is 4.74 Å². The molecular weight excluding hydrogens is 476 g/mol. The van der Waals surface area contributed by atoms with Crippen molar-refractivity contribution in [3.63, 3.8) is 0 Å². The minimum Gasteiger partial charge on any atom is -0.490 e. The first kappa shape index (κ1) is 26.6. The Bertz CT molecular complexity index is 1070. The number of carbonyl (C=O) groups excluding carboxylic acids is 2. The number of hydrogen-bond acceptors (Lipinski definition) is 7. The van der Waals surface area contributed by atoms with Crippen molar-refractivity contribution < 1.29 is 19.4 Å². The number of hydrogen-bond donors (Lipinski definition) is 3. The Morgan fingerprint density at radius 1 is 1.28 bits per heavy atom. The van der Waals surface area contributed by atoms with Gasteiger partial charge in [-0.15, -0.1) is 11.3 Å². The van der Waals surface area contributed by atoms with Crippen molar-refractivity contribution in [1.29, 1.82) is 0 Å². The van der Waals surface area contributed by atoms with Gasteiger partial charge in [-0.1, -0.05) is 32.9 Å². The average Bonchev–Trinajstić information content (AvgIpc) is 3.48. The van der Waals surface area contributed by atoms with E-state index in [0.717, 1.165) is 53.4 Å².